The molecule has 6 heteroatoms. The second-order valence-corrected chi connectivity index (χ2v) is 6.97. The normalized spacial score (nSPS) is 22.1. The first-order valence-electron chi connectivity index (χ1n) is 6.78. The van der Waals surface area contributed by atoms with Crippen LogP contribution in [-0.2, 0) is 9.59 Å². The van der Waals surface area contributed by atoms with E-state index in [0.29, 0.717) is 16.0 Å². The van der Waals surface area contributed by atoms with Crippen LogP contribution in [0.5, 0.6) is 0 Å². The van der Waals surface area contributed by atoms with E-state index in [2.05, 4.69) is 15.9 Å². The Balaban J connectivity index is 2.43. The van der Waals surface area contributed by atoms with E-state index in [1.54, 1.807) is 23.1 Å². The Hall–Kier alpha value is -1.07. The Morgan fingerprint density at radius 3 is 2.71 bits per heavy atom. The Labute approximate surface area is 137 Å². The molecule has 1 aliphatic heterocycles. The van der Waals surface area contributed by atoms with Gasteiger partial charge in [-0.25, -0.2) is 0 Å². The number of aliphatic carboxylic acids is 1. The first-order chi connectivity index (χ1) is 9.81. The molecule has 0 aliphatic carbocycles. The SMILES string of the molecule is CC(C)CN1C(=O)CC(C(=O)O)C1c1ccc(Cl)c(Br)c1. The lowest BCUT2D eigenvalue weighted by atomic mass is 9.93. The third-order valence-electron chi connectivity index (χ3n) is 3.60. The zero-order valence-electron chi connectivity index (χ0n) is 11.8. The van der Waals surface area contributed by atoms with Crippen LogP contribution in [0.3, 0.4) is 0 Å². The first-order valence-corrected chi connectivity index (χ1v) is 7.95. The number of carboxylic acid groups (broad SMARTS) is 1. The van der Waals surface area contributed by atoms with E-state index in [0.717, 1.165) is 5.56 Å². The molecule has 1 aromatic carbocycles. The molecule has 21 heavy (non-hydrogen) atoms. The minimum Gasteiger partial charge on any atom is -0.481 e. The molecule has 2 unspecified atom stereocenters. The summed E-state index contributed by atoms with van der Waals surface area (Å²) in [7, 11) is 0. The summed E-state index contributed by atoms with van der Waals surface area (Å²) in [6, 6.07) is 4.87. The molecule has 2 rings (SSSR count). The van der Waals surface area contributed by atoms with Gasteiger partial charge in [0.1, 0.15) is 0 Å². The van der Waals surface area contributed by atoms with Crippen LogP contribution in [0.2, 0.25) is 5.02 Å². The predicted molar refractivity (Wildman–Crippen MR) is 84.2 cm³/mol. The van der Waals surface area contributed by atoms with Gasteiger partial charge in [0.05, 0.1) is 17.0 Å². The van der Waals surface area contributed by atoms with Gasteiger partial charge in [-0.3, -0.25) is 9.59 Å². The Kier molecular flexibility index (Phi) is 4.94. The molecule has 2 atom stereocenters. The number of hydrogen-bond donors (Lipinski definition) is 1. The summed E-state index contributed by atoms with van der Waals surface area (Å²) in [5.74, 6) is -1.48. The third kappa shape index (κ3) is 3.40. The highest BCUT2D eigenvalue weighted by Crippen LogP contribution is 2.40. The van der Waals surface area contributed by atoms with Gasteiger partial charge in [0, 0.05) is 17.4 Å². The number of carbonyl (C=O) groups is 2. The summed E-state index contributed by atoms with van der Waals surface area (Å²) in [6.45, 7) is 4.57. The van der Waals surface area contributed by atoms with Crippen molar-refractivity contribution in [3.05, 3.63) is 33.3 Å². The van der Waals surface area contributed by atoms with Gasteiger partial charge in [-0.2, -0.15) is 0 Å². The standard InChI is InChI=1S/C15H17BrClNO3/c1-8(2)7-18-13(19)6-10(15(20)21)14(18)9-3-4-12(17)11(16)5-9/h3-5,8,10,14H,6-7H2,1-2H3,(H,20,21). The van der Waals surface area contributed by atoms with Gasteiger partial charge < -0.3 is 10.0 Å². The molecule has 0 spiro atoms. The minimum absolute atomic E-state index is 0.0486. The number of amides is 1. The van der Waals surface area contributed by atoms with Crippen LogP contribution < -0.4 is 0 Å². The number of hydrogen-bond acceptors (Lipinski definition) is 2. The van der Waals surface area contributed by atoms with Crippen LogP contribution in [0, 0.1) is 11.8 Å². The number of benzene rings is 1. The molecule has 4 nitrogen and oxygen atoms in total. The lowest BCUT2D eigenvalue weighted by Crippen LogP contribution is -2.33. The summed E-state index contributed by atoms with van der Waals surface area (Å²) in [5, 5.41) is 9.98. The van der Waals surface area contributed by atoms with Crippen LogP contribution >= 0.6 is 27.5 Å². The average molecular weight is 375 g/mol. The number of likely N-dealkylation sites (tertiary alicyclic amines) is 1. The van der Waals surface area contributed by atoms with Crippen molar-refractivity contribution in [2.45, 2.75) is 26.3 Å². The van der Waals surface area contributed by atoms with Crippen LogP contribution in [0.25, 0.3) is 0 Å². The molecule has 1 amide bonds. The number of carboxylic acids is 1. The topological polar surface area (TPSA) is 57.6 Å². The molecule has 114 valence electrons. The minimum atomic E-state index is -0.939. The molecular weight excluding hydrogens is 358 g/mol. The fraction of sp³-hybridized carbons (Fsp3) is 0.467. The van der Waals surface area contributed by atoms with Gasteiger partial charge in [0.2, 0.25) is 5.91 Å². The van der Waals surface area contributed by atoms with Crippen molar-refractivity contribution in [1.29, 1.82) is 0 Å². The lowest BCUT2D eigenvalue weighted by Gasteiger charge is -2.29. The highest BCUT2D eigenvalue weighted by molar-refractivity contribution is 9.10. The Morgan fingerprint density at radius 2 is 2.19 bits per heavy atom. The fourth-order valence-corrected chi connectivity index (χ4v) is 3.24. The first kappa shape index (κ1) is 16.3. The van der Waals surface area contributed by atoms with Crippen LogP contribution in [0.4, 0.5) is 0 Å². The molecule has 0 saturated carbocycles. The van der Waals surface area contributed by atoms with Crippen LogP contribution in [0.1, 0.15) is 31.9 Å². The van der Waals surface area contributed by atoms with E-state index in [9.17, 15) is 14.7 Å². The van der Waals surface area contributed by atoms with E-state index in [-0.39, 0.29) is 18.2 Å². The van der Waals surface area contributed by atoms with Gasteiger partial charge in [-0.1, -0.05) is 31.5 Å². The second-order valence-electron chi connectivity index (χ2n) is 5.71. The molecule has 1 fully saturated rings. The summed E-state index contributed by atoms with van der Waals surface area (Å²) in [6.07, 6.45) is 0.0486. The summed E-state index contributed by atoms with van der Waals surface area (Å²) in [4.78, 5) is 25.4. The smallest absolute Gasteiger partial charge is 0.309 e. The molecule has 0 aromatic heterocycles. The lowest BCUT2D eigenvalue weighted by molar-refractivity contribution is -0.142. The molecule has 0 radical (unpaired) electrons. The zero-order chi connectivity index (χ0) is 15.7. The number of rotatable bonds is 4. The van der Waals surface area contributed by atoms with Crippen molar-refractivity contribution in [3.63, 3.8) is 0 Å². The van der Waals surface area contributed by atoms with Crippen molar-refractivity contribution < 1.29 is 14.7 Å². The molecule has 1 aliphatic rings. The molecule has 1 N–H and O–H groups in total. The van der Waals surface area contributed by atoms with Crippen molar-refractivity contribution in [1.82, 2.24) is 4.90 Å². The zero-order valence-corrected chi connectivity index (χ0v) is 14.2. The highest BCUT2D eigenvalue weighted by Gasteiger charge is 2.44. The van der Waals surface area contributed by atoms with Gasteiger partial charge in [-0.15, -0.1) is 0 Å². The average Bonchev–Trinajstić information content (AvgIpc) is 2.70. The third-order valence-corrected chi connectivity index (χ3v) is 4.81. The van der Waals surface area contributed by atoms with Gasteiger partial charge in [0.15, 0.2) is 0 Å². The Bertz CT molecular complexity index is 576. The van der Waals surface area contributed by atoms with E-state index < -0.39 is 17.9 Å². The summed E-state index contributed by atoms with van der Waals surface area (Å²) >= 11 is 9.35. The number of carbonyl (C=O) groups excluding carboxylic acids is 1. The van der Waals surface area contributed by atoms with E-state index >= 15 is 0 Å². The van der Waals surface area contributed by atoms with E-state index in [4.69, 9.17) is 11.6 Å². The van der Waals surface area contributed by atoms with Crippen LogP contribution in [0.15, 0.2) is 22.7 Å². The van der Waals surface area contributed by atoms with Crippen molar-refractivity contribution >= 4 is 39.4 Å². The molecule has 1 saturated heterocycles. The fourth-order valence-electron chi connectivity index (χ4n) is 2.73. The van der Waals surface area contributed by atoms with E-state index in [1.807, 2.05) is 13.8 Å². The quantitative estimate of drug-likeness (QED) is 0.873. The summed E-state index contributed by atoms with van der Waals surface area (Å²) < 4.78 is 0.703. The number of nitrogens with zero attached hydrogens (tertiary/aromatic N) is 1. The molecular formula is C15H17BrClNO3. The Morgan fingerprint density at radius 1 is 1.52 bits per heavy atom. The number of halogens is 2. The monoisotopic (exact) mass is 373 g/mol. The van der Waals surface area contributed by atoms with Gasteiger partial charge in [0.25, 0.3) is 0 Å². The van der Waals surface area contributed by atoms with Crippen molar-refractivity contribution in [2.24, 2.45) is 11.8 Å². The van der Waals surface area contributed by atoms with Crippen molar-refractivity contribution in [2.75, 3.05) is 6.54 Å². The molecule has 0 bridgehead atoms. The van der Waals surface area contributed by atoms with Crippen molar-refractivity contribution in [3.8, 4) is 0 Å². The maximum Gasteiger partial charge on any atom is 0.309 e. The maximum absolute atomic E-state index is 12.2. The molecule has 1 aromatic rings. The maximum atomic E-state index is 12.2. The largest absolute Gasteiger partial charge is 0.481 e. The summed E-state index contributed by atoms with van der Waals surface area (Å²) in [5.41, 5.74) is 0.796. The van der Waals surface area contributed by atoms with E-state index in [1.165, 1.54) is 0 Å². The molecule has 1 heterocycles. The predicted octanol–water partition coefficient (Wildman–Crippen LogP) is 3.73. The van der Waals surface area contributed by atoms with Gasteiger partial charge >= 0.3 is 5.97 Å². The van der Waals surface area contributed by atoms with Gasteiger partial charge in [-0.05, 0) is 39.5 Å². The highest BCUT2D eigenvalue weighted by atomic mass is 79.9. The second kappa shape index (κ2) is 6.36. The van der Waals surface area contributed by atoms with Crippen LogP contribution in [-0.4, -0.2) is 28.4 Å².